The summed E-state index contributed by atoms with van der Waals surface area (Å²) < 4.78 is 27.2. The zero-order chi connectivity index (χ0) is 12.5. The van der Waals surface area contributed by atoms with Gasteiger partial charge in [0.05, 0.1) is 6.10 Å². The third-order valence-corrected chi connectivity index (χ3v) is 6.01. The first kappa shape index (κ1) is 13.0. The second kappa shape index (κ2) is 5.06. The number of sulfonamides is 1. The number of nitrogens with one attached hydrogen (secondary N) is 1. The van der Waals surface area contributed by atoms with Crippen LogP contribution in [0.1, 0.15) is 30.6 Å². The molecule has 0 radical (unpaired) electrons. The lowest BCUT2D eigenvalue weighted by atomic mass is 9.94. The fraction of sp³-hybridized carbons (Fsp3) is 0.636. The Morgan fingerprint density at radius 3 is 2.47 bits per heavy atom. The highest BCUT2D eigenvalue weighted by Crippen LogP contribution is 2.24. The van der Waals surface area contributed by atoms with Crippen LogP contribution in [0.4, 0.5) is 0 Å². The Balaban J connectivity index is 2.03. The van der Waals surface area contributed by atoms with Crippen molar-refractivity contribution in [3.8, 4) is 0 Å². The van der Waals surface area contributed by atoms with E-state index in [-0.39, 0.29) is 12.1 Å². The second-order valence-electron chi connectivity index (χ2n) is 4.49. The minimum atomic E-state index is -3.37. The fourth-order valence-corrected chi connectivity index (χ4v) is 4.63. The van der Waals surface area contributed by atoms with Crippen LogP contribution in [0.2, 0.25) is 0 Å². The first-order valence-electron chi connectivity index (χ1n) is 5.74. The molecule has 0 saturated heterocycles. The third kappa shape index (κ3) is 3.28. The van der Waals surface area contributed by atoms with E-state index in [1.165, 1.54) is 11.3 Å². The van der Waals surface area contributed by atoms with Crippen molar-refractivity contribution in [2.75, 3.05) is 0 Å². The average molecular weight is 275 g/mol. The molecule has 2 rings (SSSR count). The molecule has 96 valence electrons. The number of hydrogen-bond donors (Lipinski definition) is 2. The Morgan fingerprint density at radius 1 is 1.29 bits per heavy atom. The molecule has 2 N–H and O–H groups in total. The topological polar surface area (TPSA) is 66.4 Å². The molecule has 6 heteroatoms. The van der Waals surface area contributed by atoms with Crippen LogP contribution in [0.15, 0.2) is 16.3 Å². The summed E-state index contributed by atoms with van der Waals surface area (Å²) in [6.45, 7) is 1.89. The van der Waals surface area contributed by atoms with E-state index >= 15 is 0 Å². The molecule has 0 unspecified atom stereocenters. The molecule has 0 atom stereocenters. The lowest BCUT2D eigenvalue weighted by Crippen LogP contribution is -2.38. The van der Waals surface area contributed by atoms with Crippen LogP contribution in [0.3, 0.4) is 0 Å². The Hall–Kier alpha value is -0.430. The monoisotopic (exact) mass is 275 g/mol. The number of hydrogen-bond acceptors (Lipinski definition) is 4. The van der Waals surface area contributed by atoms with Crippen LogP contribution in [0, 0.1) is 6.92 Å². The maximum atomic E-state index is 12.0. The second-order valence-corrected chi connectivity index (χ2v) is 7.72. The van der Waals surface area contributed by atoms with Gasteiger partial charge in [0.25, 0.3) is 0 Å². The van der Waals surface area contributed by atoms with Gasteiger partial charge in [-0.2, -0.15) is 0 Å². The van der Waals surface area contributed by atoms with E-state index in [0.717, 1.165) is 4.88 Å². The molecular formula is C11H17NO3S2. The first-order valence-corrected chi connectivity index (χ1v) is 8.04. The number of rotatable bonds is 3. The van der Waals surface area contributed by atoms with Gasteiger partial charge in [0.15, 0.2) is 0 Å². The van der Waals surface area contributed by atoms with Gasteiger partial charge in [0.1, 0.15) is 4.21 Å². The molecule has 1 aromatic rings. The van der Waals surface area contributed by atoms with Gasteiger partial charge in [-0.25, -0.2) is 13.1 Å². The van der Waals surface area contributed by atoms with Crippen LogP contribution in [0.25, 0.3) is 0 Å². The Bertz CT molecular complexity index is 473. The summed E-state index contributed by atoms with van der Waals surface area (Å²) in [4.78, 5) is 0.990. The summed E-state index contributed by atoms with van der Waals surface area (Å²) in [6.07, 6.45) is 2.52. The summed E-state index contributed by atoms with van der Waals surface area (Å²) in [7, 11) is -3.37. The molecule has 1 aromatic heterocycles. The van der Waals surface area contributed by atoms with E-state index in [0.29, 0.717) is 29.9 Å². The van der Waals surface area contributed by atoms with E-state index in [4.69, 9.17) is 0 Å². The number of aryl methyl sites for hydroxylation is 1. The predicted molar refractivity (Wildman–Crippen MR) is 67.6 cm³/mol. The average Bonchev–Trinajstić information content (AvgIpc) is 2.69. The molecule has 1 aliphatic carbocycles. The molecule has 0 aromatic carbocycles. The van der Waals surface area contributed by atoms with Gasteiger partial charge in [-0.3, -0.25) is 0 Å². The predicted octanol–water partition coefficient (Wildman–Crippen LogP) is 1.64. The third-order valence-electron chi connectivity index (χ3n) is 3.00. The normalized spacial score (nSPS) is 26.0. The Kier molecular flexibility index (Phi) is 3.87. The zero-order valence-electron chi connectivity index (χ0n) is 9.72. The highest BCUT2D eigenvalue weighted by atomic mass is 32.2. The molecule has 0 bridgehead atoms. The van der Waals surface area contributed by atoms with Crippen molar-refractivity contribution in [2.24, 2.45) is 0 Å². The largest absolute Gasteiger partial charge is 0.393 e. The standard InChI is InChI=1S/C11H17NO3S2/c1-8-2-7-11(16-8)17(14,15)12-9-3-5-10(13)6-4-9/h2,7,9-10,12-13H,3-6H2,1H3. The van der Waals surface area contributed by atoms with Crippen LogP contribution >= 0.6 is 11.3 Å². The zero-order valence-corrected chi connectivity index (χ0v) is 11.4. The summed E-state index contributed by atoms with van der Waals surface area (Å²) in [6, 6.07) is 3.41. The molecule has 0 aliphatic heterocycles. The van der Waals surface area contributed by atoms with Crippen molar-refractivity contribution in [1.29, 1.82) is 0 Å². The minimum absolute atomic E-state index is 0.0363. The van der Waals surface area contributed by atoms with E-state index in [9.17, 15) is 13.5 Å². The highest BCUT2D eigenvalue weighted by Gasteiger charge is 2.25. The number of aliphatic hydroxyl groups is 1. The van der Waals surface area contributed by atoms with Crippen molar-refractivity contribution in [3.63, 3.8) is 0 Å². The maximum Gasteiger partial charge on any atom is 0.250 e. The van der Waals surface area contributed by atoms with Gasteiger partial charge >= 0.3 is 0 Å². The highest BCUT2D eigenvalue weighted by molar-refractivity contribution is 7.91. The van der Waals surface area contributed by atoms with E-state index in [1.54, 1.807) is 6.07 Å². The number of thiophene rings is 1. The molecule has 0 spiro atoms. The molecule has 17 heavy (non-hydrogen) atoms. The summed E-state index contributed by atoms with van der Waals surface area (Å²) >= 11 is 1.28. The van der Waals surface area contributed by atoms with Gasteiger partial charge < -0.3 is 5.11 Å². The molecule has 4 nitrogen and oxygen atoms in total. The van der Waals surface area contributed by atoms with Crippen LogP contribution < -0.4 is 4.72 Å². The quantitative estimate of drug-likeness (QED) is 0.881. The van der Waals surface area contributed by atoms with Crippen molar-refractivity contribution in [3.05, 3.63) is 17.0 Å². The van der Waals surface area contributed by atoms with E-state index < -0.39 is 10.0 Å². The van der Waals surface area contributed by atoms with Gasteiger partial charge in [-0.15, -0.1) is 11.3 Å². The van der Waals surface area contributed by atoms with Gasteiger partial charge in [-0.05, 0) is 44.7 Å². The van der Waals surface area contributed by atoms with Gasteiger partial charge in [0.2, 0.25) is 10.0 Å². The van der Waals surface area contributed by atoms with Crippen molar-refractivity contribution in [2.45, 2.75) is 49.0 Å². The lowest BCUT2D eigenvalue weighted by molar-refractivity contribution is 0.120. The fourth-order valence-electron chi connectivity index (χ4n) is 2.03. The Morgan fingerprint density at radius 2 is 1.94 bits per heavy atom. The van der Waals surface area contributed by atoms with E-state index in [2.05, 4.69) is 4.72 Å². The first-order chi connectivity index (χ1) is 7.97. The van der Waals surface area contributed by atoms with Crippen LogP contribution in [-0.4, -0.2) is 25.7 Å². The summed E-state index contributed by atoms with van der Waals surface area (Å²) in [5.74, 6) is 0. The molecular weight excluding hydrogens is 258 g/mol. The molecule has 0 amide bonds. The molecule has 1 saturated carbocycles. The molecule has 1 heterocycles. The smallest absolute Gasteiger partial charge is 0.250 e. The van der Waals surface area contributed by atoms with E-state index in [1.807, 2.05) is 13.0 Å². The van der Waals surface area contributed by atoms with Gasteiger partial charge in [0, 0.05) is 10.9 Å². The maximum absolute atomic E-state index is 12.0. The number of aliphatic hydroxyl groups excluding tert-OH is 1. The Labute approximate surface area is 106 Å². The lowest BCUT2D eigenvalue weighted by Gasteiger charge is -2.25. The summed E-state index contributed by atoms with van der Waals surface area (Å²) in [5, 5.41) is 9.37. The summed E-state index contributed by atoms with van der Waals surface area (Å²) in [5.41, 5.74) is 0. The molecule has 1 fully saturated rings. The van der Waals surface area contributed by atoms with Crippen molar-refractivity contribution >= 4 is 21.4 Å². The van der Waals surface area contributed by atoms with Crippen molar-refractivity contribution < 1.29 is 13.5 Å². The van der Waals surface area contributed by atoms with Crippen molar-refractivity contribution in [1.82, 2.24) is 4.72 Å². The van der Waals surface area contributed by atoms with Crippen LogP contribution in [0.5, 0.6) is 0 Å². The minimum Gasteiger partial charge on any atom is -0.393 e. The van der Waals surface area contributed by atoms with Gasteiger partial charge in [-0.1, -0.05) is 0 Å². The SMILES string of the molecule is Cc1ccc(S(=O)(=O)NC2CCC(O)CC2)s1. The van der Waals surface area contributed by atoms with Crippen LogP contribution in [-0.2, 0) is 10.0 Å². The molecule has 1 aliphatic rings.